The smallest absolute Gasteiger partial charge is 0.164 e. The van der Waals surface area contributed by atoms with Crippen molar-refractivity contribution in [3.05, 3.63) is 265 Å². The highest BCUT2D eigenvalue weighted by Crippen LogP contribution is 2.36. The van der Waals surface area contributed by atoms with Crippen LogP contribution in [-0.2, 0) is 0 Å². The lowest BCUT2D eigenvalue weighted by atomic mass is 9.92. The highest BCUT2D eigenvalue weighted by molar-refractivity contribution is 6.01. The van der Waals surface area contributed by atoms with E-state index >= 15 is 0 Å². The molecule has 2 heterocycles. The molecule has 2 unspecified atom stereocenters. The number of nitrogens with one attached hydrogen (secondary N) is 1. The average Bonchev–Trinajstić information content (AvgIpc) is 3.65. The summed E-state index contributed by atoms with van der Waals surface area (Å²) in [5.74, 6) is 3.17. The topological polar surface area (TPSA) is 63.1 Å². The van der Waals surface area contributed by atoms with Crippen molar-refractivity contribution >= 4 is 11.4 Å². The second-order valence-corrected chi connectivity index (χ2v) is 17.6. The Morgan fingerprint density at radius 2 is 1.07 bits per heavy atom. The zero-order valence-corrected chi connectivity index (χ0v) is 39.0. The van der Waals surface area contributed by atoms with Crippen LogP contribution < -0.4 is 5.32 Å². The molecule has 0 saturated heterocycles. The summed E-state index contributed by atoms with van der Waals surface area (Å²) >= 11 is 0. The lowest BCUT2D eigenvalue weighted by molar-refractivity contribution is 0.664. The fraction of sp³-hybridized carbons (Fsp3) is 0.0938. The van der Waals surface area contributed by atoms with E-state index in [1.165, 1.54) is 16.7 Å². The SMILES string of the molecule is C=C/C=C\C=C(/C)C1=CCC(c2ccccc2-c2ccccc2)NC(c2cccc(-c3cccc(-c4cccc(-c5nc(C6=CC(C)CC=C6)nc(-c6ccccc6-c6ccccc6)n5)c4)c3)c2)=N1. The van der Waals surface area contributed by atoms with E-state index in [9.17, 15) is 0 Å². The first kappa shape index (κ1) is 44.3. The van der Waals surface area contributed by atoms with Crippen molar-refractivity contribution in [2.75, 3.05) is 0 Å². The van der Waals surface area contributed by atoms with Crippen molar-refractivity contribution in [3.63, 3.8) is 0 Å². The molecule has 5 heteroatoms. The fourth-order valence-electron chi connectivity index (χ4n) is 9.15. The number of nitrogens with zero attached hydrogens (tertiary/aromatic N) is 4. The lowest BCUT2D eigenvalue weighted by Gasteiger charge is -2.22. The molecule has 0 radical (unpaired) electrons. The molecule has 1 aromatic heterocycles. The number of aliphatic imine (C=N–C) groups is 1. The maximum absolute atomic E-state index is 5.34. The molecule has 0 spiro atoms. The molecule has 334 valence electrons. The Kier molecular flexibility index (Phi) is 13.2. The predicted molar refractivity (Wildman–Crippen MR) is 288 cm³/mol. The molecule has 2 aliphatic rings. The van der Waals surface area contributed by atoms with Crippen LogP contribution in [-0.4, -0.2) is 20.8 Å². The normalized spacial score (nSPS) is 16.0. The Balaban J connectivity index is 1.00. The molecule has 7 aromatic carbocycles. The summed E-state index contributed by atoms with van der Waals surface area (Å²) in [6, 6.07) is 64.1. The predicted octanol–water partition coefficient (Wildman–Crippen LogP) is 15.9. The number of benzene rings is 7. The zero-order chi connectivity index (χ0) is 46.9. The standard InChI is InChI=1S/C64H53N5/c1-4-5-8-22-45(3)59-38-39-60(57-36-15-13-34-55(57)46-23-9-6-10-24-46)66-61(65-59)53-32-19-29-50(42-53)48-27-18-28-49(41-48)51-30-20-33-54(43-51)63-67-62(52-31-17-21-44(2)40-52)68-64(69-63)58-37-16-14-35-56(58)47-25-11-7-12-26-47/h4-20,22-38,40-44,60H,1,21,39H2,2-3H3,(H,65,66)/b8-5-,45-22+. The van der Waals surface area contributed by atoms with E-state index in [0.29, 0.717) is 23.4 Å². The van der Waals surface area contributed by atoms with Crippen molar-refractivity contribution < 1.29 is 0 Å². The molecule has 2 atom stereocenters. The first-order valence-corrected chi connectivity index (χ1v) is 23.7. The third-order valence-electron chi connectivity index (χ3n) is 12.7. The molecule has 10 rings (SSSR count). The number of hydrogen-bond acceptors (Lipinski definition) is 5. The van der Waals surface area contributed by atoms with Crippen LogP contribution in [0.2, 0.25) is 0 Å². The number of amidine groups is 1. The minimum Gasteiger partial charge on any atom is -0.362 e. The lowest BCUT2D eigenvalue weighted by Crippen LogP contribution is -2.28. The third kappa shape index (κ3) is 10.1. The van der Waals surface area contributed by atoms with Gasteiger partial charge in [-0.15, -0.1) is 0 Å². The Labute approximate surface area is 406 Å². The second kappa shape index (κ2) is 20.5. The molecule has 69 heavy (non-hydrogen) atoms. The van der Waals surface area contributed by atoms with Gasteiger partial charge in [-0.25, -0.2) is 19.9 Å². The van der Waals surface area contributed by atoms with Crippen molar-refractivity contribution in [2.45, 2.75) is 32.7 Å². The van der Waals surface area contributed by atoms with Crippen LogP contribution >= 0.6 is 0 Å². The van der Waals surface area contributed by atoms with Crippen LogP contribution in [0.3, 0.4) is 0 Å². The van der Waals surface area contributed by atoms with E-state index in [2.05, 4.69) is 232 Å². The van der Waals surface area contributed by atoms with Crippen LogP contribution in [0.1, 0.15) is 49.7 Å². The Bertz CT molecular complexity index is 3350. The molecule has 8 aromatic rings. The fourth-order valence-corrected chi connectivity index (χ4v) is 9.15. The zero-order valence-electron chi connectivity index (χ0n) is 39.0. The van der Waals surface area contributed by atoms with Crippen LogP contribution in [0.5, 0.6) is 0 Å². The van der Waals surface area contributed by atoms with Gasteiger partial charge in [-0.2, -0.15) is 0 Å². The highest BCUT2D eigenvalue weighted by atomic mass is 15.0. The van der Waals surface area contributed by atoms with E-state index in [4.69, 9.17) is 19.9 Å². The van der Waals surface area contributed by atoms with E-state index in [0.717, 1.165) is 85.6 Å². The Morgan fingerprint density at radius 1 is 0.536 bits per heavy atom. The molecule has 5 nitrogen and oxygen atoms in total. The van der Waals surface area contributed by atoms with E-state index in [1.807, 2.05) is 18.2 Å². The number of hydrogen-bond donors (Lipinski definition) is 1. The first-order chi connectivity index (χ1) is 34.0. The third-order valence-corrected chi connectivity index (χ3v) is 12.7. The minimum absolute atomic E-state index is 0.0111. The molecular weight excluding hydrogens is 839 g/mol. The molecule has 0 fully saturated rings. The monoisotopic (exact) mass is 891 g/mol. The summed E-state index contributed by atoms with van der Waals surface area (Å²) in [4.78, 5) is 20.8. The van der Waals surface area contributed by atoms with Gasteiger partial charge in [0.15, 0.2) is 17.5 Å². The summed E-state index contributed by atoms with van der Waals surface area (Å²) in [5, 5.41) is 3.91. The van der Waals surface area contributed by atoms with E-state index < -0.39 is 0 Å². The van der Waals surface area contributed by atoms with Gasteiger partial charge in [0.2, 0.25) is 0 Å². The Hall–Kier alpha value is -8.54. The van der Waals surface area contributed by atoms with Gasteiger partial charge in [0.05, 0.1) is 11.7 Å². The van der Waals surface area contributed by atoms with E-state index in [-0.39, 0.29) is 6.04 Å². The number of allylic oxidation sites excluding steroid dienone is 9. The number of rotatable bonds is 12. The second-order valence-electron chi connectivity index (χ2n) is 17.6. The number of aromatic nitrogens is 3. The van der Waals surface area contributed by atoms with Crippen molar-refractivity contribution in [1.29, 1.82) is 0 Å². The van der Waals surface area contributed by atoms with Gasteiger partial charge in [-0.1, -0.05) is 226 Å². The molecule has 1 aliphatic carbocycles. The van der Waals surface area contributed by atoms with Crippen molar-refractivity contribution in [3.8, 4) is 67.3 Å². The van der Waals surface area contributed by atoms with Crippen LogP contribution in [0.25, 0.3) is 72.9 Å². The minimum atomic E-state index is -0.0111. The molecule has 0 saturated carbocycles. The molecule has 1 aliphatic heterocycles. The van der Waals surface area contributed by atoms with Gasteiger partial charge in [0.1, 0.15) is 5.84 Å². The summed E-state index contributed by atoms with van der Waals surface area (Å²) in [7, 11) is 0. The highest BCUT2D eigenvalue weighted by Gasteiger charge is 2.22. The van der Waals surface area contributed by atoms with Gasteiger partial charge < -0.3 is 5.32 Å². The summed E-state index contributed by atoms with van der Waals surface area (Å²) in [6.45, 7) is 8.20. The van der Waals surface area contributed by atoms with Crippen LogP contribution in [0.15, 0.2) is 253 Å². The van der Waals surface area contributed by atoms with Crippen LogP contribution in [0, 0.1) is 5.92 Å². The summed E-state index contributed by atoms with van der Waals surface area (Å²) in [5.41, 5.74) is 16.1. The van der Waals surface area contributed by atoms with E-state index in [1.54, 1.807) is 6.08 Å². The Morgan fingerprint density at radius 3 is 1.75 bits per heavy atom. The first-order valence-electron chi connectivity index (χ1n) is 23.7. The van der Waals surface area contributed by atoms with Gasteiger partial charge in [-0.05, 0) is 99.5 Å². The average molecular weight is 892 g/mol. The quantitative estimate of drug-likeness (QED) is 0.124. The molecule has 1 N–H and O–H groups in total. The van der Waals surface area contributed by atoms with Gasteiger partial charge in [0.25, 0.3) is 0 Å². The van der Waals surface area contributed by atoms with Gasteiger partial charge in [0, 0.05) is 22.3 Å². The maximum atomic E-state index is 5.34. The largest absolute Gasteiger partial charge is 0.362 e. The van der Waals surface area contributed by atoms with Crippen molar-refractivity contribution in [1.82, 2.24) is 20.3 Å². The maximum Gasteiger partial charge on any atom is 0.164 e. The van der Waals surface area contributed by atoms with Crippen molar-refractivity contribution in [2.24, 2.45) is 10.9 Å². The van der Waals surface area contributed by atoms with Gasteiger partial charge in [-0.3, -0.25) is 0 Å². The molecule has 0 bridgehead atoms. The molecule has 0 amide bonds. The molecular formula is C64H53N5. The summed E-state index contributed by atoms with van der Waals surface area (Å²) < 4.78 is 0. The summed E-state index contributed by atoms with van der Waals surface area (Å²) in [6.07, 6.45) is 18.5. The van der Waals surface area contributed by atoms with Crippen LogP contribution in [0.4, 0.5) is 0 Å². The van der Waals surface area contributed by atoms with Gasteiger partial charge >= 0.3 is 0 Å².